The number of nitrogens with one attached hydrogen (secondary N) is 2. The molecule has 0 saturated carbocycles. The molecule has 5 N–H and O–H groups in total. The molecule has 0 spiro atoms. The van der Waals surface area contributed by atoms with Crippen LogP contribution < -0.4 is 10.6 Å². The lowest BCUT2D eigenvalue weighted by Gasteiger charge is -2.28. The van der Waals surface area contributed by atoms with Crippen molar-refractivity contribution in [1.29, 1.82) is 0 Å². The minimum Gasteiger partial charge on any atom is -0.480 e. The van der Waals surface area contributed by atoms with Gasteiger partial charge in [0.1, 0.15) is 0 Å². The highest BCUT2D eigenvalue weighted by Gasteiger charge is 2.20. The fourth-order valence-corrected chi connectivity index (χ4v) is 4.49. The maximum atomic E-state index is 12.8. The van der Waals surface area contributed by atoms with Gasteiger partial charge in [0.15, 0.2) is 0 Å². The molecule has 0 unspecified atom stereocenters. The van der Waals surface area contributed by atoms with Crippen LogP contribution in [-0.2, 0) is 24.0 Å². The van der Waals surface area contributed by atoms with Crippen LogP contribution in [0.25, 0.3) is 10.9 Å². The summed E-state index contributed by atoms with van der Waals surface area (Å²) < 4.78 is 0. The van der Waals surface area contributed by atoms with E-state index in [-0.39, 0.29) is 39.3 Å². The number of aliphatic carboxylic acids is 3. The highest BCUT2D eigenvalue weighted by molar-refractivity contribution is 7.80. The van der Waals surface area contributed by atoms with Crippen LogP contribution in [0.15, 0.2) is 65.7 Å². The summed E-state index contributed by atoms with van der Waals surface area (Å²) in [5, 5.41) is 34.4. The lowest BCUT2D eigenvalue weighted by atomic mass is 10.2. The van der Waals surface area contributed by atoms with Gasteiger partial charge in [0.25, 0.3) is 0 Å². The van der Waals surface area contributed by atoms with Gasteiger partial charge < -0.3 is 26.0 Å². The quantitative estimate of drug-likeness (QED) is 0.111. The van der Waals surface area contributed by atoms with E-state index in [1.807, 2.05) is 6.07 Å². The molecule has 234 valence electrons. The van der Waals surface area contributed by atoms with Crippen LogP contribution in [0.4, 0.5) is 11.4 Å². The van der Waals surface area contributed by atoms with Crippen LogP contribution in [-0.4, -0.2) is 124 Å². The molecule has 0 saturated heterocycles. The first-order chi connectivity index (χ1) is 21.0. The summed E-state index contributed by atoms with van der Waals surface area (Å²) in [6, 6.07) is 15.5. The van der Waals surface area contributed by atoms with Crippen LogP contribution in [0.2, 0.25) is 0 Å². The molecular weight excluding hydrogens is 592 g/mol. The Balaban J connectivity index is 1.59. The minimum absolute atomic E-state index is 0.0369. The van der Waals surface area contributed by atoms with Crippen molar-refractivity contribution >= 4 is 64.6 Å². The molecule has 2 amide bonds. The van der Waals surface area contributed by atoms with Crippen LogP contribution in [0.5, 0.6) is 0 Å². The Hall–Kier alpha value is -4.57. The van der Waals surface area contributed by atoms with Gasteiger partial charge in [-0.05, 0) is 48.5 Å². The van der Waals surface area contributed by atoms with Crippen LogP contribution >= 0.6 is 12.6 Å². The first-order valence-electron chi connectivity index (χ1n) is 13.5. The van der Waals surface area contributed by atoms with Crippen molar-refractivity contribution < 1.29 is 39.3 Å². The van der Waals surface area contributed by atoms with Crippen molar-refractivity contribution in [3.8, 4) is 0 Å². The molecule has 0 atom stereocenters. The average molecular weight is 627 g/mol. The van der Waals surface area contributed by atoms with Gasteiger partial charge in [0.05, 0.1) is 38.2 Å². The Bertz CT molecular complexity index is 1470. The van der Waals surface area contributed by atoms with Gasteiger partial charge in [-0.3, -0.25) is 43.7 Å². The second kappa shape index (κ2) is 16.9. The van der Waals surface area contributed by atoms with Gasteiger partial charge in [0, 0.05) is 54.0 Å². The highest BCUT2D eigenvalue weighted by atomic mass is 32.1. The molecule has 1 heterocycles. The predicted octanol–water partition coefficient (Wildman–Crippen LogP) is 1.26. The maximum Gasteiger partial charge on any atom is 0.317 e. The molecule has 14 nitrogen and oxygen atoms in total. The molecule has 0 radical (unpaired) electrons. The monoisotopic (exact) mass is 626 g/mol. The molecule has 0 aliphatic rings. The third-order valence-corrected chi connectivity index (χ3v) is 6.61. The summed E-state index contributed by atoms with van der Waals surface area (Å²) in [4.78, 5) is 68.9. The molecule has 2 aromatic carbocycles. The molecule has 3 rings (SSSR count). The Morgan fingerprint density at radius 3 is 1.66 bits per heavy atom. The first-order valence-corrected chi connectivity index (χ1v) is 14.0. The zero-order valence-electron chi connectivity index (χ0n) is 23.8. The predicted molar refractivity (Wildman–Crippen MR) is 165 cm³/mol. The number of thiol groups is 1. The second-order valence-electron chi connectivity index (χ2n) is 9.93. The van der Waals surface area contributed by atoms with Crippen molar-refractivity contribution in [2.45, 2.75) is 4.90 Å². The molecule has 0 aliphatic heterocycles. The Morgan fingerprint density at radius 1 is 0.636 bits per heavy atom. The van der Waals surface area contributed by atoms with E-state index < -0.39 is 49.4 Å². The molecule has 44 heavy (non-hydrogen) atoms. The standard InChI is InChI=1S/C29H34N6O8S/c36-25(31-21-3-6-23(44)7-4-21)15-34(18-28(40)41)12-10-33(17-27(38)39)11-13-35(19-29(42)43)16-26(37)32-22-5-8-24-20(14-22)2-1-9-30-24/h1-9,14,44H,10-13,15-19H2,(H,31,36)(H,32,37)(H,38,39)(H,40,41)(H,42,43). The number of carboxylic acids is 3. The molecule has 0 aliphatic carbocycles. The van der Waals surface area contributed by atoms with Crippen LogP contribution in [0.1, 0.15) is 0 Å². The summed E-state index contributed by atoms with van der Waals surface area (Å²) in [6.45, 7) is -1.65. The number of hydrogen-bond acceptors (Lipinski definition) is 10. The number of anilines is 2. The van der Waals surface area contributed by atoms with Gasteiger partial charge in [0.2, 0.25) is 11.8 Å². The second-order valence-corrected chi connectivity index (χ2v) is 10.4. The van der Waals surface area contributed by atoms with Crippen molar-refractivity contribution in [1.82, 2.24) is 19.7 Å². The molecule has 0 bridgehead atoms. The molecule has 15 heteroatoms. The third-order valence-electron chi connectivity index (χ3n) is 6.31. The van der Waals surface area contributed by atoms with E-state index in [4.69, 9.17) is 0 Å². The summed E-state index contributed by atoms with van der Waals surface area (Å²) in [5.74, 6) is -4.38. The lowest BCUT2D eigenvalue weighted by Crippen LogP contribution is -2.46. The van der Waals surface area contributed by atoms with E-state index in [0.717, 1.165) is 10.9 Å². The number of fused-ring (bicyclic) bond motifs is 1. The summed E-state index contributed by atoms with van der Waals surface area (Å²) in [7, 11) is 0. The van der Waals surface area contributed by atoms with Crippen molar-refractivity contribution in [2.75, 3.05) is 69.5 Å². The van der Waals surface area contributed by atoms with E-state index in [9.17, 15) is 39.3 Å². The number of hydrogen-bond donors (Lipinski definition) is 6. The number of benzene rings is 2. The van der Waals surface area contributed by atoms with E-state index in [0.29, 0.717) is 16.3 Å². The Morgan fingerprint density at radius 2 is 1.11 bits per heavy atom. The van der Waals surface area contributed by atoms with E-state index >= 15 is 0 Å². The van der Waals surface area contributed by atoms with Crippen LogP contribution in [0, 0.1) is 0 Å². The van der Waals surface area contributed by atoms with Gasteiger partial charge in [-0.2, -0.15) is 0 Å². The van der Waals surface area contributed by atoms with Crippen LogP contribution in [0.3, 0.4) is 0 Å². The Labute approximate surface area is 258 Å². The Kier molecular flexibility index (Phi) is 13.0. The number of carboxylic acid groups (broad SMARTS) is 3. The van der Waals surface area contributed by atoms with Crippen molar-refractivity contribution in [3.05, 3.63) is 60.8 Å². The lowest BCUT2D eigenvalue weighted by molar-refractivity contribution is -0.140. The third kappa shape index (κ3) is 12.3. The number of rotatable bonds is 18. The number of nitrogens with zero attached hydrogens (tertiary/aromatic N) is 4. The maximum absolute atomic E-state index is 12.8. The summed E-state index contributed by atoms with van der Waals surface area (Å²) >= 11 is 4.19. The largest absolute Gasteiger partial charge is 0.480 e. The van der Waals surface area contributed by atoms with Gasteiger partial charge >= 0.3 is 17.9 Å². The molecule has 3 aromatic rings. The van der Waals surface area contributed by atoms with E-state index in [1.165, 1.54) is 14.7 Å². The summed E-state index contributed by atoms with van der Waals surface area (Å²) in [5.41, 5.74) is 1.78. The average Bonchev–Trinajstić information content (AvgIpc) is 2.94. The van der Waals surface area contributed by atoms with Crippen molar-refractivity contribution in [3.63, 3.8) is 0 Å². The fraction of sp³-hybridized carbons (Fsp3) is 0.310. The number of carbonyl (C=O) groups is 5. The van der Waals surface area contributed by atoms with E-state index in [1.54, 1.807) is 54.7 Å². The molecule has 0 fully saturated rings. The number of carbonyl (C=O) groups excluding carboxylic acids is 2. The van der Waals surface area contributed by atoms with Gasteiger partial charge in [-0.1, -0.05) is 6.07 Å². The summed E-state index contributed by atoms with van der Waals surface area (Å²) in [6.07, 6.45) is 1.66. The number of pyridine rings is 1. The smallest absolute Gasteiger partial charge is 0.317 e. The molecular formula is C29H34N6O8S. The van der Waals surface area contributed by atoms with Gasteiger partial charge in [-0.15, -0.1) is 12.6 Å². The fourth-order valence-electron chi connectivity index (χ4n) is 4.34. The minimum atomic E-state index is -1.16. The highest BCUT2D eigenvalue weighted by Crippen LogP contribution is 2.17. The van der Waals surface area contributed by atoms with E-state index in [2.05, 4.69) is 28.2 Å². The normalized spacial score (nSPS) is 11.2. The first kappa shape index (κ1) is 33.9. The molecule has 1 aromatic heterocycles. The topological polar surface area (TPSA) is 193 Å². The van der Waals surface area contributed by atoms with Crippen molar-refractivity contribution in [2.24, 2.45) is 0 Å². The zero-order chi connectivity index (χ0) is 32.1. The number of amides is 2. The SMILES string of the molecule is O=C(O)CN(CCN(CC(=O)O)CC(=O)Nc1ccc(S)cc1)CCN(CC(=O)O)CC(=O)Nc1ccc2ncccc2c1. The number of aromatic nitrogens is 1. The van der Waals surface area contributed by atoms with Gasteiger partial charge in [-0.25, -0.2) is 0 Å². The zero-order valence-corrected chi connectivity index (χ0v) is 24.7.